The summed E-state index contributed by atoms with van der Waals surface area (Å²) in [5, 5.41) is 2.58. The first kappa shape index (κ1) is 24.0. The molecule has 0 fully saturated rings. The molecule has 0 spiro atoms. The van der Waals surface area contributed by atoms with Gasteiger partial charge < -0.3 is 10.1 Å². The van der Waals surface area contributed by atoms with Crippen LogP contribution in [0.15, 0.2) is 42.5 Å². The smallest absolute Gasteiger partial charge is 0.232 e. The van der Waals surface area contributed by atoms with Gasteiger partial charge in [-0.1, -0.05) is 30.7 Å². The molecule has 9 heteroatoms. The molecule has 6 nitrogen and oxygen atoms in total. The zero-order valence-electron chi connectivity index (χ0n) is 17.0. The van der Waals surface area contributed by atoms with Gasteiger partial charge in [-0.05, 0) is 48.7 Å². The predicted octanol–water partition coefficient (Wildman–Crippen LogP) is 3.78. The van der Waals surface area contributed by atoms with Crippen molar-refractivity contribution in [1.82, 2.24) is 5.32 Å². The van der Waals surface area contributed by atoms with E-state index in [4.69, 9.17) is 16.3 Å². The van der Waals surface area contributed by atoms with E-state index < -0.39 is 15.8 Å². The number of benzene rings is 2. The van der Waals surface area contributed by atoms with Crippen LogP contribution in [-0.2, 0) is 21.2 Å². The summed E-state index contributed by atoms with van der Waals surface area (Å²) < 4.78 is 44.1. The van der Waals surface area contributed by atoms with Crippen LogP contribution < -0.4 is 14.4 Å². The topological polar surface area (TPSA) is 75.7 Å². The maximum atomic E-state index is 13.3. The van der Waals surface area contributed by atoms with Crippen molar-refractivity contribution in [1.29, 1.82) is 0 Å². The number of halogens is 2. The van der Waals surface area contributed by atoms with Crippen molar-refractivity contribution >= 4 is 33.2 Å². The summed E-state index contributed by atoms with van der Waals surface area (Å²) in [6, 6.07) is 11.5. The van der Waals surface area contributed by atoms with Gasteiger partial charge in [0.25, 0.3) is 0 Å². The molecule has 0 aliphatic rings. The van der Waals surface area contributed by atoms with Gasteiger partial charge in [0.2, 0.25) is 15.9 Å². The lowest BCUT2D eigenvalue weighted by molar-refractivity contribution is -0.121. The van der Waals surface area contributed by atoms with Crippen LogP contribution in [-0.4, -0.2) is 40.3 Å². The average molecular weight is 457 g/mol. The van der Waals surface area contributed by atoms with E-state index >= 15 is 0 Å². The Balaban J connectivity index is 1.76. The van der Waals surface area contributed by atoms with Gasteiger partial charge >= 0.3 is 0 Å². The molecule has 0 radical (unpaired) electrons. The fraction of sp³-hybridized carbons (Fsp3) is 0.381. The Morgan fingerprint density at radius 1 is 1.20 bits per heavy atom. The lowest BCUT2D eigenvalue weighted by atomic mass is 10.2. The first-order chi connectivity index (χ1) is 14.2. The normalized spacial score (nSPS) is 11.2. The third-order valence-corrected chi connectivity index (χ3v) is 5.86. The fourth-order valence-corrected chi connectivity index (χ4v) is 3.91. The minimum absolute atomic E-state index is 0.0779. The number of nitrogens with zero attached hydrogens (tertiary/aromatic N) is 1. The number of ether oxygens (including phenoxy) is 1. The quantitative estimate of drug-likeness (QED) is 0.522. The number of carbonyl (C=O) groups excluding carboxylic acids is 1. The number of sulfonamides is 1. The Hall–Kier alpha value is -2.32. The number of aryl methyl sites for hydroxylation is 1. The average Bonchev–Trinajstić information content (AvgIpc) is 2.70. The lowest BCUT2D eigenvalue weighted by Gasteiger charge is -2.22. The minimum Gasteiger partial charge on any atom is -0.492 e. The second kappa shape index (κ2) is 11.2. The van der Waals surface area contributed by atoms with E-state index in [1.165, 1.54) is 17.7 Å². The molecule has 0 saturated heterocycles. The molecule has 0 aliphatic heterocycles. The molecule has 0 unspecified atom stereocenters. The number of nitrogens with one attached hydrogen (secondary N) is 1. The Bertz CT molecular complexity index is 952. The highest BCUT2D eigenvalue weighted by atomic mass is 35.5. The van der Waals surface area contributed by atoms with E-state index in [0.29, 0.717) is 19.6 Å². The van der Waals surface area contributed by atoms with Crippen molar-refractivity contribution < 1.29 is 22.3 Å². The van der Waals surface area contributed by atoms with Crippen molar-refractivity contribution in [2.45, 2.75) is 26.2 Å². The van der Waals surface area contributed by atoms with Crippen LogP contribution in [0.5, 0.6) is 5.75 Å². The van der Waals surface area contributed by atoms with Gasteiger partial charge in [0, 0.05) is 13.0 Å². The molecular formula is C21H26ClFN2O4S. The third kappa shape index (κ3) is 7.50. The molecule has 0 aromatic heterocycles. The molecule has 0 aliphatic carbocycles. The van der Waals surface area contributed by atoms with Crippen LogP contribution in [0.25, 0.3) is 0 Å². The maximum absolute atomic E-state index is 13.3. The van der Waals surface area contributed by atoms with Crippen molar-refractivity contribution in [2.24, 2.45) is 0 Å². The van der Waals surface area contributed by atoms with Crippen LogP contribution >= 0.6 is 11.6 Å². The van der Waals surface area contributed by atoms with E-state index in [-0.39, 0.29) is 29.6 Å². The summed E-state index contributed by atoms with van der Waals surface area (Å²) in [6.45, 7) is 2.84. The van der Waals surface area contributed by atoms with Crippen molar-refractivity contribution in [2.75, 3.05) is 30.3 Å². The first-order valence-electron chi connectivity index (χ1n) is 9.62. The fourth-order valence-electron chi connectivity index (χ4n) is 2.78. The molecule has 164 valence electrons. The number of rotatable bonds is 11. The second-order valence-electron chi connectivity index (χ2n) is 6.73. The van der Waals surface area contributed by atoms with Crippen LogP contribution in [0.2, 0.25) is 5.02 Å². The zero-order valence-corrected chi connectivity index (χ0v) is 18.6. The van der Waals surface area contributed by atoms with E-state index in [2.05, 4.69) is 12.2 Å². The SMILES string of the molecule is CCc1ccc(OCCNC(=O)CCCN(c2ccc(F)c(Cl)c2)S(C)(=O)=O)cc1. The summed E-state index contributed by atoms with van der Waals surface area (Å²) in [5.41, 5.74) is 1.48. The van der Waals surface area contributed by atoms with Gasteiger partial charge in [0.15, 0.2) is 0 Å². The summed E-state index contributed by atoms with van der Waals surface area (Å²) in [6.07, 6.45) is 2.45. The molecular weight excluding hydrogens is 431 g/mol. The van der Waals surface area contributed by atoms with Crippen LogP contribution in [0, 0.1) is 5.82 Å². The Morgan fingerprint density at radius 3 is 2.50 bits per heavy atom. The van der Waals surface area contributed by atoms with Crippen molar-refractivity contribution in [3.63, 3.8) is 0 Å². The zero-order chi connectivity index (χ0) is 22.1. The van der Waals surface area contributed by atoms with Crippen LogP contribution in [0.1, 0.15) is 25.3 Å². The Morgan fingerprint density at radius 2 is 1.90 bits per heavy atom. The summed E-state index contributed by atoms with van der Waals surface area (Å²) in [5.74, 6) is -0.0921. The lowest BCUT2D eigenvalue weighted by Crippen LogP contribution is -2.33. The highest BCUT2D eigenvalue weighted by Crippen LogP contribution is 2.24. The number of anilines is 1. The van der Waals surface area contributed by atoms with Gasteiger partial charge in [-0.2, -0.15) is 0 Å². The van der Waals surface area contributed by atoms with Crippen molar-refractivity contribution in [3.8, 4) is 5.75 Å². The largest absolute Gasteiger partial charge is 0.492 e. The highest BCUT2D eigenvalue weighted by molar-refractivity contribution is 7.92. The monoisotopic (exact) mass is 456 g/mol. The van der Waals surface area contributed by atoms with E-state index in [1.807, 2.05) is 24.3 Å². The van der Waals surface area contributed by atoms with Crippen molar-refractivity contribution in [3.05, 3.63) is 58.9 Å². The van der Waals surface area contributed by atoms with Gasteiger partial charge in [-0.3, -0.25) is 9.10 Å². The van der Waals surface area contributed by atoms with E-state index in [9.17, 15) is 17.6 Å². The van der Waals surface area contributed by atoms with Crippen LogP contribution in [0.3, 0.4) is 0 Å². The van der Waals surface area contributed by atoms with Gasteiger partial charge in [0.05, 0.1) is 23.5 Å². The number of hydrogen-bond acceptors (Lipinski definition) is 4. The second-order valence-corrected chi connectivity index (χ2v) is 9.05. The summed E-state index contributed by atoms with van der Waals surface area (Å²) >= 11 is 5.75. The Kier molecular flexibility index (Phi) is 8.92. The molecule has 0 atom stereocenters. The molecule has 2 rings (SSSR count). The molecule has 2 aromatic carbocycles. The number of carbonyl (C=O) groups is 1. The van der Waals surface area contributed by atoms with Gasteiger partial charge in [-0.25, -0.2) is 12.8 Å². The Labute approximate surface area is 182 Å². The first-order valence-corrected chi connectivity index (χ1v) is 11.8. The maximum Gasteiger partial charge on any atom is 0.232 e. The molecule has 0 bridgehead atoms. The minimum atomic E-state index is -3.60. The molecule has 2 aromatic rings. The predicted molar refractivity (Wildman–Crippen MR) is 117 cm³/mol. The summed E-state index contributed by atoms with van der Waals surface area (Å²) in [4.78, 5) is 12.0. The molecule has 0 saturated carbocycles. The third-order valence-electron chi connectivity index (χ3n) is 4.38. The van der Waals surface area contributed by atoms with E-state index in [0.717, 1.165) is 28.8 Å². The molecule has 30 heavy (non-hydrogen) atoms. The van der Waals surface area contributed by atoms with E-state index in [1.54, 1.807) is 0 Å². The van der Waals surface area contributed by atoms with Gasteiger partial charge in [0.1, 0.15) is 18.2 Å². The standard InChI is InChI=1S/C21H26ClFN2O4S/c1-3-16-6-9-18(10-7-16)29-14-12-24-21(26)5-4-13-25(30(2,27)28)17-8-11-20(23)19(22)15-17/h6-11,15H,3-5,12-14H2,1-2H3,(H,24,26). The van der Waals surface area contributed by atoms with Crippen LogP contribution in [0.4, 0.5) is 10.1 Å². The molecule has 1 amide bonds. The highest BCUT2D eigenvalue weighted by Gasteiger charge is 2.18. The number of amides is 1. The number of hydrogen-bond donors (Lipinski definition) is 1. The molecule has 0 heterocycles. The van der Waals surface area contributed by atoms with Gasteiger partial charge in [-0.15, -0.1) is 0 Å². The summed E-state index contributed by atoms with van der Waals surface area (Å²) in [7, 11) is -3.60. The molecule has 1 N–H and O–H groups in total.